The second kappa shape index (κ2) is 9.86. The molecule has 0 saturated carbocycles. The molecule has 1 atom stereocenters. The van der Waals surface area contributed by atoms with E-state index >= 15 is 0 Å². The van der Waals surface area contributed by atoms with Crippen LogP contribution < -0.4 is 5.32 Å². The van der Waals surface area contributed by atoms with Crippen molar-refractivity contribution in [2.45, 2.75) is 30.5 Å². The summed E-state index contributed by atoms with van der Waals surface area (Å²) in [6.45, 7) is 1.30. The average Bonchev–Trinajstić information content (AvgIpc) is 3.42. The number of amides is 1. The van der Waals surface area contributed by atoms with Gasteiger partial charge in [0.05, 0.1) is 11.9 Å². The van der Waals surface area contributed by atoms with E-state index in [-0.39, 0.29) is 23.6 Å². The summed E-state index contributed by atoms with van der Waals surface area (Å²) < 4.78 is 20.8. The summed E-state index contributed by atoms with van der Waals surface area (Å²) in [5, 5.41) is 12.2. The summed E-state index contributed by atoms with van der Waals surface area (Å²) in [5.41, 5.74) is 1.86. The third-order valence-electron chi connectivity index (χ3n) is 4.87. The van der Waals surface area contributed by atoms with Gasteiger partial charge >= 0.3 is 0 Å². The highest BCUT2D eigenvalue weighted by Crippen LogP contribution is 2.24. The maximum Gasteiger partial charge on any atom is 0.230 e. The van der Waals surface area contributed by atoms with Crippen LogP contribution in [0.25, 0.3) is 5.69 Å². The lowest BCUT2D eigenvalue weighted by Gasteiger charge is -2.12. The number of aromatic nitrogens is 3. The number of nitrogens with zero attached hydrogens (tertiary/aromatic N) is 3. The molecule has 8 heteroatoms. The van der Waals surface area contributed by atoms with Crippen molar-refractivity contribution in [3.05, 3.63) is 71.8 Å². The van der Waals surface area contributed by atoms with E-state index in [1.807, 2.05) is 34.9 Å². The van der Waals surface area contributed by atoms with Gasteiger partial charge < -0.3 is 10.1 Å². The lowest BCUT2D eigenvalue weighted by atomic mass is 10.1. The summed E-state index contributed by atoms with van der Waals surface area (Å²) in [5.74, 6) is 0.570. The summed E-state index contributed by atoms with van der Waals surface area (Å²) in [7, 11) is 0. The molecule has 1 aliphatic heterocycles. The fourth-order valence-corrected chi connectivity index (χ4v) is 4.15. The molecule has 0 bridgehead atoms. The summed E-state index contributed by atoms with van der Waals surface area (Å²) in [6, 6.07) is 16.1. The molecular formula is C22H23FN4O2S. The van der Waals surface area contributed by atoms with Gasteiger partial charge in [-0.3, -0.25) is 9.36 Å². The molecule has 6 nitrogen and oxygen atoms in total. The second-order valence-electron chi connectivity index (χ2n) is 7.10. The van der Waals surface area contributed by atoms with Crippen LogP contribution in [0.15, 0.2) is 59.8 Å². The molecule has 4 rings (SSSR count). The molecule has 30 heavy (non-hydrogen) atoms. The van der Waals surface area contributed by atoms with Crippen LogP contribution in [0.3, 0.4) is 0 Å². The Morgan fingerprint density at radius 3 is 2.70 bits per heavy atom. The van der Waals surface area contributed by atoms with Gasteiger partial charge in [-0.25, -0.2) is 4.39 Å². The zero-order valence-corrected chi connectivity index (χ0v) is 17.3. The number of benzene rings is 2. The first-order valence-corrected chi connectivity index (χ1v) is 10.9. The van der Waals surface area contributed by atoms with Gasteiger partial charge in [0.2, 0.25) is 5.91 Å². The standard InChI is InChI=1S/C22H23FN4O2S/c23-17-8-10-18(11-9-17)27-20(13-16-5-2-1-3-6-16)25-26-22(27)30-15-21(28)24-14-19-7-4-12-29-19/h1-3,5-6,8-11,19H,4,7,12-15H2,(H,24,28). The first-order chi connectivity index (χ1) is 14.7. The molecule has 1 N–H and O–H groups in total. The van der Waals surface area contributed by atoms with Crippen molar-refractivity contribution in [2.75, 3.05) is 18.9 Å². The molecule has 1 amide bonds. The van der Waals surface area contributed by atoms with Crippen LogP contribution in [0.4, 0.5) is 4.39 Å². The molecule has 2 heterocycles. The number of ether oxygens (including phenoxy) is 1. The molecular weight excluding hydrogens is 403 g/mol. The summed E-state index contributed by atoms with van der Waals surface area (Å²) >= 11 is 1.31. The van der Waals surface area contributed by atoms with Crippen LogP contribution in [0, 0.1) is 5.82 Å². The normalized spacial score (nSPS) is 16.0. The SMILES string of the molecule is O=C(CSc1nnc(Cc2ccccc2)n1-c1ccc(F)cc1)NCC1CCCO1. The monoisotopic (exact) mass is 426 g/mol. The van der Waals surface area contributed by atoms with Crippen LogP contribution in [0.2, 0.25) is 0 Å². The molecule has 0 spiro atoms. The van der Waals surface area contributed by atoms with Gasteiger partial charge in [-0.05, 0) is 42.7 Å². The highest BCUT2D eigenvalue weighted by molar-refractivity contribution is 7.99. The Morgan fingerprint density at radius 1 is 1.17 bits per heavy atom. The van der Waals surface area contributed by atoms with Crippen molar-refractivity contribution in [1.82, 2.24) is 20.1 Å². The predicted octanol–water partition coefficient (Wildman–Crippen LogP) is 3.38. The van der Waals surface area contributed by atoms with Gasteiger partial charge in [0.25, 0.3) is 0 Å². The van der Waals surface area contributed by atoms with Gasteiger partial charge in [0, 0.05) is 25.3 Å². The Hall–Kier alpha value is -2.71. The van der Waals surface area contributed by atoms with Gasteiger partial charge in [-0.2, -0.15) is 0 Å². The van der Waals surface area contributed by atoms with Crippen LogP contribution in [-0.2, 0) is 16.0 Å². The molecule has 0 radical (unpaired) electrons. The van der Waals surface area contributed by atoms with E-state index in [1.54, 1.807) is 12.1 Å². The maximum atomic E-state index is 13.4. The first kappa shape index (κ1) is 20.6. The average molecular weight is 427 g/mol. The zero-order chi connectivity index (χ0) is 20.8. The number of carbonyl (C=O) groups is 1. The fourth-order valence-electron chi connectivity index (χ4n) is 3.35. The number of thioether (sulfide) groups is 1. The van der Waals surface area contributed by atoms with Crippen molar-refractivity contribution in [3.8, 4) is 5.69 Å². The smallest absolute Gasteiger partial charge is 0.230 e. The number of carbonyl (C=O) groups excluding carboxylic acids is 1. The Bertz CT molecular complexity index is 973. The Balaban J connectivity index is 1.48. The molecule has 1 fully saturated rings. The van der Waals surface area contributed by atoms with E-state index < -0.39 is 0 Å². The molecule has 3 aromatic rings. The van der Waals surface area contributed by atoms with Gasteiger partial charge in [-0.15, -0.1) is 10.2 Å². The third-order valence-corrected chi connectivity index (χ3v) is 5.80. The molecule has 1 aromatic heterocycles. The van der Waals surface area contributed by atoms with E-state index in [4.69, 9.17) is 4.74 Å². The number of hydrogen-bond acceptors (Lipinski definition) is 5. The van der Waals surface area contributed by atoms with Crippen molar-refractivity contribution >= 4 is 17.7 Å². The van der Waals surface area contributed by atoms with Gasteiger partial charge in [-0.1, -0.05) is 42.1 Å². The van der Waals surface area contributed by atoms with Crippen molar-refractivity contribution in [1.29, 1.82) is 0 Å². The van der Waals surface area contributed by atoms with Gasteiger partial charge in [0.1, 0.15) is 11.6 Å². The largest absolute Gasteiger partial charge is 0.376 e. The van der Waals surface area contributed by atoms with E-state index in [9.17, 15) is 9.18 Å². The lowest BCUT2D eigenvalue weighted by molar-refractivity contribution is -0.119. The minimum Gasteiger partial charge on any atom is -0.376 e. The van der Waals surface area contributed by atoms with E-state index in [2.05, 4.69) is 15.5 Å². The first-order valence-electron chi connectivity index (χ1n) is 9.94. The summed E-state index contributed by atoms with van der Waals surface area (Å²) in [6.07, 6.45) is 2.71. The maximum absolute atomic E-state index is 13.4. The number of hydrogen-bond donors (Lipinski definition) is 1. The van der Waals surface area contributed by atoms with Crippen molar-refractivity contribution in [3.63, 3.8) is 0 Å². The van der Waals surface area contributed by atoms with Gasteiger partial charge in [0.15, 0.2) is 5.16 Å². The minimum atomic E-state index is -0.306. The minimum absolute atomic E-state index is 0.0752. The number of nitrogens with one attached hydrogen (secondary N) is 1. The topological polar surface area (TPSA) is 69.0 Å². The quantitative estimate of drug-likeness (QED) is 0.559. The molecule has 0 aliphatic carbocycles. The molecule has 1 saturated heterocycles. The molecule has 156 valence electrons. The molecule has 1 aliphatic rings. The Labute approximate surface area is 178 Å². The highest BCUT2D eigenvalue weighted by atomic mass is 32.2. The van der Waals surface area contributed by atoms with E-state index in [0.29, 0.717) is 18.1 Å². The third kappa shape index (κ3) is 5.25. The molecule has 1 unspecified atom stereocenters. The second-order valence-corrected chi connectivity index (χ2v) is 8.04. The van der Waals surface area contributed by atoms with Crippen LogP contribution >= 0.6 is 11.8 Å². The zero-order valence-electron chi connectivity index (χ0n) is 16.5. The summed E-state index contributed by atoms with van der Waals surface area (Å²) in [4.78, 5) is 12.3. The fraction of sp³-hybridized carbons (Fsp3) is 0.318. The number of halogens is 1. The van der Waals surface area contributed by atoms with E-state index in [1.165, 1.54) is 23.9 Å². The number of rotatable bonds is 8. The van der Waals surface area contributed by atoms with Crippen LogP contribution in [0.5, 0.6) is 0 Å². The predicted molar refractivity (Wildman–Crippen MR) is 113 cm³/mol. The molecule has 2 aromatic carbocycles. The lowest BCUT2D eigenvalue weighted by Crippen LogP contribution is -2.32. The Morgan fingerprint density at radius 2 is 1.97 bits per heavy atom. The van der Waals surface area contributed by atoms with E-state index in [0.717, 1.165) is 36.5 Å². The Kier molecular flexibility index (Phi) is 6.76. The highest BCUT2D eigenvalue weighted by Gasteiger charge is 2.18. The van der Waals surface area contributed by atoms with Crippen LogP contribution in [-0.4, -0.2) is 45.7 Å². The van der Waals surface area contributed by atoms with Crippen molar-refractivity contribution < 1.29 is 13.9 Å². The van der Waals surface area contributed by atoms with Crippen molar-refractivity contribution in [2.24, 2.45) is 0 Å². The van der Waals surface area contributed by atoms with Crippen LogP contribution in [0.1, 0.15) is 24.2 Å².